The number of hydrogen-bond donors (Lipinski definition) is 2. The summed E-state index contributed by atoms with van der Waals surface area (Å²) in [5.74, 6) is -0.870. The number of aromatic amines is 1. The fourth-order valence-electron chi connectivity index (χ4n) is 2.89. The van der Waals surface area contributed by atoms with Gasteiger partial charge in [-0.1, -0.05) is 30.3 Å². The molecule has 0 saturated heterocycles. The van der Waals surface area contributed by atoms with Crippen LogP contribution in [0.15, 0.2) is 60.3 Å². The Kier molecular flexibility index (Phi) is 5.87. The number of esters is 1. The van der Waals surface area contributed by atoms with E-state index in [1.807, 2.05) is 36.5 Å². The number of benzene rings is 2. The third-order valence-corrected chi connectivity index (χ3v) is 4.36. The van der Waals surface area contributed by atoms with Gasteiger partial charge in [-0.3, -0.25) is 4.79 Å². The molecule has 0 unspecified atom stereocenters. The van der Waals surface area contributed by atoms with E-state index >= 15 is 0 Å². The zero-order valence-corrected chi connectivity index (χ0v) is 15.4. The quantitative estimate of drug-likeness (QED) is 0.394. The fourth-order valence-corrected chi connectivity index (χ4v) is 2.89. The van der Waals surface area contributed by atoms with Gasteiger partial charge in [-0.25, -0.2) is 4.79 Å². The Hall–Kier alpha value is -3.85. The number of H-pyrrole nitrogens is 1. The van der Waals surface area contributed by atoms with Gasteiger partial charge in [-0.2, -0.15) is 5.26 Å². The number of amides is 1. The van der Waals surface area contributed by atoms with Crippen molar-refractivity contribution in [2.45, 2.75) is 6.42 Å². The van der Waals surface area contributed by atoms with E-state index in [0.29, 0.717) is 24.1 Å². The van der Waals surface area contributed by atoms with Crippen molar-refractivity contribution in [3.63, 3.8) is 0 Å². The van der Waals surface area contributed by atoms with Gasteiger partial charge in [0.25, 0.3) is 5.91 Å². The van der Waals surface area contributed by atoms with E-state index in [4.69, 9.17) is 0 Å². The van der Waals surface area contributed by atoms with Crippen molar-refractivity contribution in [3.8, 4) is 6.07 Å². The standard InChI is InChI=1S/C22H19N3O3/c1-28-22(27)16-8-6-15(7-9-16)12-18(13-23)21(26)24-11-10-17-14-25-20-5-3-2-4-19(17)20/h2-9,12,14,25H,10-11H2,1H3,(H,24,26). The predicted molar refractivity (Wildman–Crippen MR) is 106 cm³/mol. The predicted octanol–water partition coefficient (Wildman–Crippen LogP) is 3.22. The van der Waals surface area contributed by atoms with E-state index in [2.05, 4.69) is 15.0 Å². The highest BCUT2D eigenvalue weighted by Gasteiger charge is 2.10. The molecule has 140 valence electrons. The molecule has 0 radical (unpaired) electrons. The maximum atomic E-state index is 12.3. The van der Waals surface area contributed by atoms with E-state index in [9.17, 15) is 14.9 Å². The molecule has 0 spiro atoms. The van der Waals surface area contributed by atoms with Crippen LogP contribution in [0.25, 0.3) is 17.0 Å². The number of nitrogens with zero attached hydrogens (tertiary/aromatic N) is 1. The van der Waals surface area contributed by atoms with Crippen LogP contribution in [0.1, 0.15) is 21.5 Å². The first-order chi connectivity index (χ1) is 13.6. The molecule has 3 rings (SSSR count). The lowest BCUT2D eigenvalue weighted by molar-refractivity contribution is -0.117. The minimum atomic E-state index is -0.439. The molecule has 2 aromatic carbocycles. The van der Waals surface area contributed by atoms with Gasteiger partial charge in [0, 0.05) is 23.6 Å². The van der Waals surface area contributed by atoms with Gasteiger partial charge in [0.05, 0.1) is 12.7 Å². The maximum absolute atomic E-state index is 12.3. The maximum Gasteiger partial charge on any atom is 0.337 e. The number of nitriles is 1. The summed E-state index contributed by atoms with van der Waals surface area (Å²) in [7, 11) is 1.31. The summed E-state index contributed by atoms with van der Waals surface area (Å²) < 4.78 is 4.65. The SMILES string of the molecule is COC(=O)c1ccc(C=C(C#N)C(=O)NCCc2c[nH]c3ccccc23)cc1. The third kappa shape index (κ3) is 4.27. The molecule has 0 fully saturated rings. The molecule has 0 aliphatic heterocycles. The Labute approximate surface area is 162 Å². The molecule has 6 heteroatoms. The number of para-hydroxylation sites is 1. The highest BCUT2D eigenvalue weighted by molar-refractivity contribution is 6.01. The van der Waals surface area contributed by atoms with E-state index in [1.165, 1.54) is 13.2 Å². The minimum absolute atomic E-state index is 0.00439. The normalized spacial score (nSPS) is 11.1. The molecule has 0 saturated carbocycles. The summed E-state index contributed by atoms with van der Waals surface area (Å²) in [6.07, 6.45) is 4.07. The van der Waals surface area contributed by atoms with Crippen LogP contribution in [0.4, 0.5) is 0 Å². The molecule has 6 nitrogen and oxygen atoms in total. The summed E-state index contributed by atoms with van der Waals surface area (Å²) >= 11 is 0. The molecule has 28 heavy (non-hydrogen) atoms. The molecule has 3 aromatic rings. The van der Waals surface area contributed by atoms with Crippen LogP contribution in [0.5, 0.6) is 0 Å². The highest BCUT2D eigenvalue weighted by atomic mass is 16.5. The lowest BCUT2D eigenvalue weighted by Gasteiger charge is -2.04. The van der Waals surface area contributed by atoms with Gasteiger partial charge in [0.15, 0.2) is 0 Å². The third-order valence-electron chi connectivity index (χ3n) is 4.36. The summed E-state index contributed by atoms with van der Waals surface area (Å²) in [6.45, 7) is 0.418. The molecule has 1 amide bonds. The van der Waals surface area contributed by atoms with E-state index in [0.717, 1.165) is 16.5 Å². The Balaban J connectivity index is 1.62. The lowest BCUT2D eigenvalue weighted by atomic mass is 10.1. The number of rotatable bonds is 6. The number of hydrogen-bond acceptors (Lipinski definition) is 4. The number of carbonyl (C=O) groups is 2. The van der Waals surface area contributed by atoms with Crippen molar-refractivity contribution in [1.82, 2.24) is 10.3 Å². The highest BCUT2D eigenvalue weighted by Crippen LogP contribution is 2.17. The van der Waals surface area contributed by atoms with E-state index in [1.54, 1.807) is 24.3 Å². The zero-order chi connectivity index (χ0) is 19.9. The number of nitrogens with one attached hydrogen (secondary N) is 2. The molecular formula is C22H19N3O3. The first-order valence-electron chi connectivity index (χ1n) is 8.75. The first kappa shape index (κ1) is 18.9. The average Bonchev–Trinajstić information content (AvgIpc) is 3.15. The zero-order valence-electron chi connectivity index (χ0n) is 15.4. The molecular weight excluding hydrogens is 354 g/mol. The van der Waals surface area contributed by atoms with Crippen molar-refractivity contribution < 1.29 is 14.3 Å². The number of carbonyl (C=O) groups excluding carboxylic acids is 2. The van der Waals surface area contributed by atoms with Crippen molar-refractivity contribution in [2.75, 3.05) is 13.7 Å². The van der Waals surface area contributed by atoms with Crippen LogP contribution in [0, 0.1) is 11.3 Å². The van der Waals surface area contributed by atoms with Crippen LogP contribution >= 0.6 is 0 Å². The average molecular weight is 373 g/mol. The van der Waals surface area contributed by atoms with Crippen molar-refractivity contribution in [2.24, 2.45) is 0 Å². The molecule has 1 heterocycles. The second-order valence-corrected chi connectivity index (χ2v) is 6.15. The van der Waals surface area contributed by atoms with Crippen LogP contribution in [0.3, 0.4) is 0 Å². The fraction of sp³-hybridized carbons (Fsp3) is 0.136. The van der Waals surface area contributed by atoms with Crippen molar-refractivity contribution >= 4 is 28.9 Å². The van der Waals surface area contributed by atoms with Crippen LogP contribution < -0.4 is 5.32 Å². The van der Waals surface area contributed by atoms with Crippen molar-refractivity contribution in [3.05, 3.63) is 77.0 Å². The summed E-state index contributed by atoms with van der Waals surface area (Å²) in [6, 6.07) is 16.4. The van der Waals surface area contributed by atoms with E-state index < -0.39 is 11.9 Å². The second-order valence-electron chi connectivity index (χ2n) is 6.15. The largest absolute Gasteiger partial charge is 0.465 e. The Morgan fingerprint density at radius 1 is 1.18 bits per heavy atom. The smallest absolute Gasteiger partial charge is 0.337 e. The lowest BCUT2D eigenvalue weighted by Crippen LogP contribution is -2.26. The summed E-state index contributed by atoms with van der Waals surface area (Å²) in [4.78, 5) is 27.0. The van der Waals surface area contributed by atoms with Gasteiger partial charge in [0.1, 0.15) is 11.6 Å². The van der Waals surface area contributed by atoms with Crippen molar-refractivity contribution in [1.29, 1.82) is 5.26 Å². The molecule has 0 bridgehead atoms. The van der Waals surface area contributed by atoms with Gasteiger partial charge >= 0.3 is 5.97 Å². The van der Waals surface area contributed by atoms with Gasteiger partial charge in [0.2, 0.25) is 0 Å². The van der Waals surface area contributed by atoms with Gasteiger partial charge in [-0.15, -0.1) is 0 Å². The number of ether oxygens (including phenoxy) is 1. The topological polar surface area (TPSA) is 95.0 Å². The molecule has 1 aromatic heterocycles. The number of fused-ring (bicyclic) bond motifs is 1. The van der Waals surface area contributed by atoms with E-state index in [-0.39, 0.29) is 5.57 Å². The molecule has 0 aliphatic carbocycles. The van der Waals surface area contributed by atoms with Gasteiger partial charge in [-0.05, 0) is 41.8 Å². The molecule has 0 aliphatic rings. The molecule has 0 atom stereocenters. The van der Waals surface area contributed by atoms with Gasteiger partial charge < -0.3 is 15.0 Å². The first-order valence-corrected chi connectivity index (χ1v) is 8.75. The summed E-state index contributed by atoms with van der Waals surface area (Å²) in [5, 5.41) is 13.2. The van der Waals surface area contributed by atoms with Crippen LogP contribution in [0.2, 0.25) is 0 Å². The Morgan fingerprint density at radius 3 is 2.64 bits per heavy atom. The minimum Gasteiger partial charge on any atom is -0.465 e. The molecule has 2 N–H and O–H groups in total. The van der Waals surface area contributed by atoms with Crippen LogP contribution in [-0.4, -0.2) is 30.5 Å². The monoisotopic (exact) mass is 373 g/mol. The van der Waals surface area contributed by atoms with Crippen LogP contribution in [-0.2, 0) is 16.0 Å². The number of methoxy groups -OCH3 is 1. The Bertz CT molecular complexity index is 1070. The Morgan fingerprint density at radius 2 is 1.93 bits per heavy atom. The summed E-state index contributed by atoms with van der Waals surface area (Å²) in [5.41, 5.74) is 3.22. The number of aromatic nitrogens is 1. The second kappa shape index (κ2) is 8.69.